The van der Waals surface area contributed by atoms with Gasteiger partial charge in [-0.3, -0.25) is 15.0 Å². The largest absolute Gasteiger partial charge is 0.451 e. The average molecular weight is 1450 g/mol. The first kappa shape index (κ1) is 90.4. The maximum atomic E-state index is 4.98. The fourth-order valence-corrected chi connectivity index (χ4v) is 10.6. The summed E-state index contributed by atoms with van der Waals surface area (Å²) in [5.74, 6) is 8.50. The van der Waals surface area contributed by atoms with Crippen molar-refractivity contribution in [1.29, 1.82) is 0 Å². The molecule has 0 aromatic carbocycles. The lowest BCUT2D eigenvalue weighted by atomic mass is 10.1. The Morgan fingerprint density at radius 1 is 0.320 bits per heavy atom. The van der Waals surface area contributed by atoms with Crippen molar-refractivity contribution in [2.45, 2.75) is 237 Å². The lowest BCUT2D eigenvalue weighted by Crippen LogP contribution is -1.90. The van der Waals surface area contributed by atoms with E-state index in [0.717, 1.165) is 28.7 Å². The number of oxazole rings is 3. The fraction of sp³-hybridized carbons (Fsp3) is 0.450. The van der Waals surface area contributed by atoms with Crippen molar-refractivity contribution in [3.05, 3.63) is 258 Å². The summed E-state index contributed by atoms with van der Waals surface area (Å²) in [6, 6.07) is 18.4. The zero-order valence-electron chi connectivity index (χ0n) is 64.0. The number of thiazole rings is 3. The Morgan fingerprint density at radius 2 is 0.980 bits per heavy atom. The summed E-state index contributed by atoms with van der Waals surface area (Å²) in [5, 5.41) is 11.8. The number of aromatic nitrogens is 12. The van der Waals surface area contributed by atoms with Gasteiger partial charge in [0.1, 0.15) is 30.9 Å². The predicted octanol–water partition coefficient (Wildman–Crippen LogP) is 25.5. The first-order chi connectivity index (χ1) is 47.7. The Hall–Kier alpha value is -7.62. The van der Waals surface area contributed by atoms with Crippen LogP contribution in [0.1, 0.15) is 303 Å². The van der Waals surface area contributed by atoms with Gasteiger partial charge in [0, 0.05) is 99.2 Å². The molecule has 0 aliphatic heterocycles. The molecule has 0 bridgehead atoms. The van der Waals surface area contributed by atoms with E-state index in [1.165, 1.54) is 49.9 Å². The first-order valence-electron chi connectivity index (χ1n) is 34.3. The Kier molecular flexibility index (Phi) is 49.8. The van der Waals surface area contributed by atoms with Crippen LogP contribution in [-0.2, 0) is 0 Å². The van der Waals surface area contributed by atoms with Crippen LogP contribution in [0.4, 0.5) is 0 Å². The van der Waals surface area contributed by atoms with Crippen molar-refractivity contribution in [3.63, 3.8) is 0 Å². The molecule has 0 unspecified atom stereocenters. The molecule has 0 radical (unpaired) electrons. The molecule has 0 spiro atoms. The van der Waals surface area contributed by atoms with Gasteiger partial charge in [-0.2, -0.15) is 11.3 Å². The molecular weight excluding hydrogens is 1340 g/mol. The van der Waals surface area contributed by atoms with Gasteiger partial charge in [0.15, 0.2) is 18.7 Å². The molecule has 0 fully saturated rings. The Bertz CT molecular complexity index is 2920. The number of hydrogen-bond acceptors (Lipinski definition) is 20. The van der Waals surface area contributed by atoms with Gasteiger partial charge in [-0.1, -0.05) is 184 Å². The van der Waals surface area contributed by atoms with Crippen LogP contribution in [-0.4, -0.2) is 59.8 Å². The maximum absolute atomic E-state index is 4.98. The third kappa shape index (κ3) is 43.8. The summed E-state index contributed by atoms with van der Waals surface area (Å²) in [6.07, 6.45) is 27.5. The molecule has 20 heteroatoms. The second-order valence-corrected chi connectivity index (χ2v) is 30.5. The summed E-state index contributed by atoms with van der Waals surface area (Å²) >= 11 is 8.70. The van der Waals surface area contributed by atoms with Crippen molar-refractivity contribution in [1.82, 2.24) is 59.8 Å². The van der Waals surface area contributed by atoms with Gasteiger partial charge in [0.05, 0.1) is 39.8 Å². The monoisotopic (exact) mass is 1450 g/mol. The van der Waals surface area contributed by atoms with E-state index in [2.05, 4.69) is 258 Å². The fourth-order valence-electron chi connectivity index (χ4n) is 6.98. The Morgan fingerprint density at radius 3 is 1.26 bits per heavy atom. The zero-order valence-corrected chi connectivity index (χ0v) is 68.1. The number of thiophene rings is 2. The number of nitrogens with zero attached hydrogens (tertiary/aromatic N) is 12. The first-order valence-corrected chi connectivity index (χ1v) is 38.9. The van der Waals surface area contributed by atoms with Crippen LogP contribution in [0.5, 0.6) is 0 Å². The van der Waals surface area contributed by atoms with Crippen molar-refractivity contribution in [2.24, 2.45) is 0 Å². The van der Waals surface area contributed by atoms with Gasteiger partial charge in [-0.05, 0) is 122 Å². The summed E-state index contributed by atoms with van der Waals surface area (Å²) in [4.78, 5) is 50.6. The van der Waals surface area contributed by atoms with Crippen LogP contribution >= 0.6 is 56.7 Å². The van der Waals surface area contributed by atoms with Gasteiger partial charge >= 0.3 is 0 Å². The van der Waals surface area contributed by atoms with Gasteiger partial charge < -0.3 is 13.3 Å². The van der Waals surface area contributed by atoms with Gasteiger partial charge in [0.2, 0.25) is 0 Å². The SMILES string of the molecule is CC(C)c1ccccn1.CC(C)c1cccnc1.CC(C)c1cccs1.CC(C)c1ccncn1.CC(C)c1ccsc1.CC(C)c1cncnc1.CC(C)c1cnco1.CC(C)c1cncs1.CC(C)c1cocn1.CC(C)c1cscn1.CC(C)c1ncco1.CC(C)c1nccs1. The molecule has 0 saturated carbocycles. The van der Waals surface area contributed by atoms with Crippen LogP contribution in [0.25, 0.3) is 0 Å². The molecule has 0 N–H and O–H groups in total. The normalized spacial score (nSPS) is 10.3. The Labute approximate surface area is 620 Å². The molecule has 0 saturated heterocycles. The number of pyridine rings is 2. The molecule has 12 heterocycles. The van der Waals surface area contributed by atoms with Crippen LogP contribution in [0.2, 0.25) is 0 Å². The Balaban J connectivity index is 0.000000546. The van der Waals surface area contributed by atoms with Gasteiger partial charge in [-0.15, -0.1) is 45.3 Å². The van der Waals surface area contributed by atoms with Crippen LogP contribution in [0.3, 0.4) is 0 Å². The summed E-state index contributed by atoms with van der Waals surface area (Å²) in [7, 11) is 0. The molecule has 0 aliphatic rings. The van der Waals surface area contributed by atoms with Gasteiger partial charge in [-0.25, -0.2) is 44.9 Å². The second-order valence-electron chi connectivity index (χ2n) is 26.2. The quantitative estimate of drug-likeness (QED) is 0.112. The van der Waals surface area contributed by atoms with Crippen molar-refractivity contribution in [2.75, 3.05) is 0 Å². The minimum atomic E-state index is 0.407. The summed E-state index contributed by atoms with van der Waals surface area (Å²) in [6.45, 7) is 51.3. The zero-order chi connectivity index (χ0) is 74.6. The minimum absolute atomic E-state index is 0.407. The molecule has 544 valence electrons. The summed E-state index contributed by atoms with van der Waals surface area (Å²) < 4.78 is 14.7. The highest BCUT2D eigenvalue weighted by Crippen LogP contribution is 2.21. The van der Waals surface area contributed by atoms with E-state index in [1.807, 2.05) is 109 Å². The van der Waals surface area contributed by atoms with Crippen molar-refractivity contribution < 1.29 is 13.3 Å². The van der Waals surface area contributed by atoms with Crippen LogP contribution in [0, 0.1) is 0 Å². The van der Waals surface area contributed by atoms with E-state index in [4.69, 9.17) is 13.3 Å². The highest BCUT2D eigenvalue weighted by molar-refractivity contribution is 7.10. The molecule has 100 heavy (non-hydrogen) atoms. The maximum Gasteiger partial charge on any atom is 0.196 e. The lowest BCUT2D eigenvalue weighted by Gasteiger charge is -2.00. The van der Waals surface area contributed by atoms with E-state index < -0.39 is 0 Å². The van der Waals surface area contributed by atoms with E-state index in [9.17, 15) is 0 Å². The second kappa shape index (κ2) is 55.1. The number of rotatable bonds is 12. The highest BCUT2D eigenvalue weighted by Gasteiger charge is 2.05. The number of hydrogen-bond donors (Lipinski definition) is 0. The lowest BCUT2D eigenvalue weighted by molar-refractivity contribution is 0.471. The molecule has 15 nitrogen and oxygen atoms in total. The highest BCUT2D eigenvalue weighted by atomic mass is 32.1. The summed E-state index contributed by atoms with van der Waals surface area (Å²) in [5.41, 5.74) is 12.2. The third-order valence-electron chi connectivity index (χ3n) is 13.4. The van der Waals surface area contributed by atoms with E-state index in [0.29, 0.717) is 71.0 Å². The van der Waals surface area contributed by atoms with Gasteiger partial charge in [0.25, 0.3) is 0 Å². The van der Waals surface area contributed by atoms with Crippen molar-refractivity contribution in [3.8, 4) is 0 Å². The average Bonchev–Trinajstić information content (AvgIpc) is 2.21. The van der Waals surface area contributed by atoms with E-state index in [-0.39, 0.29) is 0 Å². The van der Waals surface area contributed by atoms with E-state index in [1.54, 1.807) is 95.3 Å². The van der Waals surface area contributed by atoms with Crippen LogP contribution < -0.4 is 0 Å². The predicted molar refractivity (Wildman–Crippen MR) is 426 cm³/mol. The molecule has 12 aromatic rings. The molecule has 0 amide bonds. The standard InChI is InChI=1S/2C8H11N.2C7H10N2.2C7H10S.3C6H9NO.3C6H9NS/c1-7(2)8-4-3-5-9-6-8;1-7(2)8-5-3-4-6-9-8;1-6(2)7-3-8-5-9-4-7;1-6(2)7-3-4-8-5-9-7;1-6(2)7-3-4-8-5-7;1-6(2)7-4-3-5-8-7;1-5(2)6-3-8-4-7-6;1-5(2)6-3-7-4-8-6;1-5(2)6-7-3-4-8-6;1-5(2)6-3-8-4-7-6;1-5(2)6-3-7-4-8-6;1-5(2)6-7-3-4-8-6/h2*3-7H,1-2H3;2*3-6H,1-2H3;2*3-6H,1-2H3;6*3-5H,1-2H3. The smallest absolute Gasteiger partial charge is 0.196 e. The van der Waals surface area contributed by atoms with Crippen LogP contribution in [0.15, 0.2) is 206 Å². The van der Waals surface area contributed by atoms with Crippen molar-refractivity contribution >= 4 is 56.7 Å². The third-order valence-corrected chi connectivity index (χ3v) is 18.0. The van der Waals surface area contributed by atoms with E-state index >= 15 is 0 Å². The topological polar surface area (TPSA) is 194 Å². The molecule has 12 rings (SSSR count). The molecular formula is C80H116N12O3S5. The molecule has 12 aromatic heterocycles. The molecule has 0 aliphatic carbocycles. The minimum Gasteiger partial charge on any atom is -0.451 e. The molecule has 0 atom stereocenters.